The second-order valence-electron chi connectivity index (χ2n) is 6.58. The van der Waals surface area contributed by atoms with E-state index in [0.717, 1.165) is 33.1 Å². The average molecular weight is 370 g/mol. The maximum atomic E-state index is 11.7. The second kappa shape index (κ2) is 7.05. The number of methoxy groups -OCH3 is 1. The van der Waals surface area contributed by atoms with Gasteiger partial charge in [0.25, 0.3) is 0 Å². The smallest absolute Gasteiger partial charge is 0.325 e. The molecular weight excluding hydrogens is 352 g/mol. The summed E-state index contributed by atoms with van der Waals surface area (Å²) in [5, 5.41) is 10.7. The van der Waals surface area contributed by atoms with E-state index in [1.165, 1.54) is 7.11 Å². The number of ether oxygens (including phenoxy) is 1. The van der Waals surface area contributed by atoms with Gasteiger partial charge in [0.15, 0.2) is 0 Å². The third-order valence-electron chi connectivity index (χ3n) is 4.66. The predicted octanol–water partition coefficient (Wildman–Crippen LogP) is 4.06. The van der Waals surface area contributed by atoms with E-state index in [1.54, 1.807) is 6.08 Å². The second-order valence-corrected chi connectivity index (χ2v) is 6.58. The van der Waals surface area contributed by atoms with E-state index in [1.807, 2.05) is 60.2 Å². The van der Waals surface area contributed by atoms with Gasteiger partial charge in [0.1, 0.15) is 18.4 Å². The third kappa shape index (κ3) is 3.14. The molecule has 0 aliphatic heterocycles. The first-order valence-electron chi connectivity index (χ1n) is 8.82. The largest absolute Gasteiger partial charge is 0.468 e. The number of aromatic amines is 1. The van der Waals surface area contributed by atoms with Gasteiger partial charge in [-0.3, -0.25) is 4.79 Å². The average Bonchev–Trinajstić information content (AvgIpc) is 3.27. The summed E-state index contributed by atoms with van der Waals surface area (Å²) in [6.07, 6.45) is 3.65. The Balaban J connectivity index is 1.82. The fourth-order valence-corrected chi connectivity index (χ4v) is 3.28. The van der Waals surface area contributed by atoms with Crippen LogP contribution in [-0.2, 0) is 16.1 Å². The fraction of sp³-hybridized carbons (Fsp3) is 0.136. The molecule has 0 fully saturated rings. The van der Waals surface area contributed by atoms with Crippen LogP contribution in [-0.4, -0.2) is 27.6 Å². The van der Waals surface area contributed by atoms with Gasteiger partial charge in [0, 0.05) is 22.7 Å². The Morgan fingerprint density at radius 2 is 2.14 bits per heavy atom. The van der Waals surface area contributed by atoms with E-state index in [0.29, 0.717) is 11.4 Å². The van der Waals surface area contributed by atoms with E-state index >= 15 is 0 Å². The highest BCUT2D eigenvalue weighted by atomic mass is 16.5. The zero-order chi connectivity index (χ0) is 19.7. The lowest BCUT2D eigenvalue weighted by molar-refractivity contribution is -0.141. The van der Waals surface area contributed by atoms with E-state index in [2.05, 4.69) is 16.0 Å². The molecule has 138 valence electrons. The number of fused-ring (bicyclic) bond motifs is 2. The van der Waals surface area contributed by atoms with Crippen molar-refractivity contribution in [2.24, 2.45) is 0 Å². The number of nitrogens with zero attached hydrogens (tertiary/aromatic N) is 3. The Kier molecular flexibility index (Phi) is 4.42. The Labute approximate surface area is 161 Å². The summed E-state index contributed by atoms with van der Waals surface area (Å²) in [4.78, 5) is 19.5. The third-order valence-corrected chi connectivity index (χ3v) is 4.66. The monoisotopic (exact) mass is 370 g/mol. The number of benzene rings is 2. The molecule has 1 N–H and O–H groups in total. The number of carbonyl (C=O) groups excluding carboxylic acids is 1. The number of aryl methyl sites for hydroxylation is 1. The standard InChI is InChI=1S/C22H18N4O2/c1-14-7-8-18-19(9-14)25-22(24-18)15(11-23)10-16-12-26(13-21(27)28-2)20-6-4-3-5-17(16)20/h3-10,12H,13H2,1-2H3,(H,24,25). The van der Waals surface area contributed by atoms with Crippen molar-refractivity contribution in [2.45, 2.75) is 13.5 Å². The van der Waals surface area contributed by atoms with E-state index in [4.69, 9.17) is 4.74 Å². The lowest BCUT2D eigenvalue weighted by Gasteiger charge is -2.02. The molecule has 4 rings (SSSR count). The van der Waals surface area contributed by atoms with Crippen molar-refractivity contribution in [3.63, 3.8) is 0 Å². The molecule has 0 amide bonds. The number of esters is 1. The number of rotatable bonds is 4. The van der Waals surface area contributed by atoms with Crippen molar-refractivity contribution in [3.8, 4) is 6.07 Å². The van der Waals surface area contributed by atoms with Crippen LogP contribution in [0.1, 0.15) is 17.0 Å². The first-order valence-corrected chi connectivity index (χ1v) is 8.82. The number of hydrogen-bond donors (Lipinski definition) is 1. The van der Waals surface area contributed by atoms with Gasteiger partial charge in [-0.2, -0.15) is 5.26 Å². The predicted molar refractivity (Wildman–Crippen MR) is 108 cm³/mol. The van der Waals surface area contributed by atoms with Crippen molar-refractivity contribution < 1.29 is 9.53 Å². The number of carbonyl (C=O) groups is 1. The van der Waals surface area contributed by atoms with Crippen LogP contribution in [0.2, 0.25) is 0 Å². The van der Waals surface area contributed by atoms with Gasteiger partial charge in [-0.05, 0) is 36.8 Å². The lowest BCUT2D eigenvalue weighted by atomic mass is 10.1. The summed E-state index contributed by atoms with van der Waals surface area (Å²) in [6.45, 7) is 2.12. The molecule has 0 spiro atoms. The minimum atomic E-state index is -0.329. The summed E-state index contributed by atoms with van der Waals surface area (Å²) < 4.78 is 6.61. The van der Waals surface area contributed by atoms with Gasteiger partial charge in [0.2, 0.25) is 0 Å². The van der Waals surface area contributed by atoms with Gasteiger partial charge < -0.3 is 14.3 Å². The molecule has 0 aliphatic rings. The van der Waals surface area contributed by atoms with Crippen LogP contribution in [0.5, 0.6) is 0 Å². The normalized spacial score (nSPS) is 11.7. The van der Waals surface area contributed by atoms with Crippen LogP contribution < -0.4 is 0 Å². The van der Waals surface area contributed by atoms with Crippen molar-refractivity contribution in [3.05, 3.63) is 65.6 Å². The van der Waals surface area contributed by atoms with Crippen LogP contribution in [0.15, 0.2) is 48.7 Å². The van der Waals surface area contributed by atoms with E-state index < -0.39 is 0 Å². The Hall–Kier alpha value is -3.85. The van der Waals surface area contributed by atoms with E-state index in [9.17, 15) is 10.1 Å². The molecule has 0 aliphatic carbocycles. The van der Waals surface area contributed by atoms with Gasteiger partial charge in [-0.1, -0.05) is 24.3 Å². The van der Waals surface area contributed by atoms with Gasteiger partial charge in [0.05, 0.1) is 23.7 Å². The Morgan fingerprint density at radius 1 is 1.32 bits per heavy atom. The first kappa shape index (κ1) is 17.6. The summed E-state index contributed by atoms with van der Waals surface area (Å²) in [5.74, 6) is 0.192. The highest BCUT2D eigenvalue weighted by molar-refractivity contribution is 5.98. The highest BCUT2D eigenvalue weighted by Crippen LogP contribution is 2.26. The lowest BCUT2D eigenvalue weighted by Crippen LogP contribution is -2.10. The molecule has 2 aromatic carbocycles. The molecule has 6 nitrogen and oxygen atoms in total. The molecule has 0 radical (unpaired) electrons. The van der Waals surface area contributed by atoms with E-state index in [-0.39, 0.29) is 12.5 Å². The summed E-state index contributed by atoms with van der Waals surface area (Å²) in [5.41, 5.74) is 4.99. The van der Waals surface area contributed by atoms with Crippen LogP contribution in [0.4, 0.5) is 0 Å². The maximum absolute atomic E-state index is 11.7. The number of nitrogens with one attached hydrogen (secondary N) is 1. The minimum absolute atomic E-state index is 0.108. The molecule has 0 saturated heterocycles. The SMILES string of the molecule is COC(=O)Cn1cc(C=C(C#N)c2nc3ccc(C)cc3[nH]2)c2ccccc21. The zero-order valence-corrected chi connectivity index (χ0v) is 15.6. The quantitative estimate of drug-likeness (QED) is 0.434. The number of nitriles is 1. The van der Waals surface area contributed by atoms with Crippen LogP contribution >= 0.6 is 0 Å². The number of H-pyrrole nitrogens is 1. The molecule has 2 aromatic heterocycles. The Morgan fingerprint density at radius 3 is 2.93 bits per heavy atom. The molecule has 4 aromatic rings. The van der Waals surface area contributed by atoms with Crippen molar-refractivity contribution in [1.29, 1.82) is 5.26 Å². The van der Waals surface area contributed by atoms with Crippen molar-refractivity contribution in [2.75, 3.05) is 7.11 Å². The summed E-state index contributed by atoms with van der Waals surface area (Å²) in [6, 6.07) is 15.9. The highest BCUT2D eigenvalue weighted by Gasteiger charge is 2.13. The van der Waals surface area contributed by atoms with Crippen LogP contribution in [0, 0.1) is 18.3 Å². The fourth-order valence-electron chi connectivity index (χ4n) is 3.28. The number of hydrogen-bond acceptors (Lipinski definition) is 4. The topological polar surface area (TPSA) is 83.7 Å². The summed E-state index contributed by atoms with van der Waals surface area (Å²) >= 11 is 0. The molecule has 0 unspecified atom stereocenters. The van der Waals surface area contributed by atoms with Gasteiger partial charge in [-0.15, -0.1) is 0 Å². The molecule has 6 heteroatoms. The summed E-state index contributed by atoms with van der Waals surface area (Å²) in [7, 11) is 1.37. The number of para-hydroxylation sites is 1. The molecule has 0 atom stereocenters. The van der Waals surface area contributed by atoms with Gasteiger partial charge in [-0.25, -0.2) is 4.98 Å². The molecule has 0 saturated carbocycles. The number of imidazole rings is 1. The maximum Gasteiger partial charge on any atom is 0.325 e. The molecule has 28 heavy (non-hydrogen) atoms. The molecule has 2 heterocycles. The number of allylic oxidation sites excluding steroid dienone is 1. The first-order chi connectivity index (χ1) is 13.6. The Bertz CT molecular complexity index is 1270. The zero-order valence-electron chi connectivity index (χ0n) is 15.6. The van der Waals surface area contributed by atoms with Crippen LogP contribution in [0.3, 0.4) is 0 Å². The molecule has 0 bridgehead atoms. The molecular formula is C22H18N4O2. The van der Waals surface area contributed by atoms with Crippen molar-refractivity contribution >= 4 is 39.6 Å². The van der Waals surface area contributed by atoms with Crippen molar-refractivity contribution in [1.82, 2.24) is 14.5 Å². The van der Waals surface area contributed by atoms with Crippen LogP contribution in [0.25, 0.3) is 33.6 Å². The minimum Gasteiger partial charge on any atom is -0.468 e. The number of aromatic nitrogens is 3. The van der Waals surface area contributed by atoms with Gasteiger partial charge >= 0.3 is 5.97 Å².